The summed E-state index contributed by atoms with van der Waals surface area (Å²) in [7, 11) is -3.60. The van der Waals surface area contributed by atoms with E-state index in [1.54, 1.807) is 18.2 Å². The first-order valence-electron chi connectivity index (χ1n) is 6.62. The van der Waals surface area contributed by atoms with E-state index in [0.717, 1.165) is 11.1 Å². The molecule has 0 radical (unpaired) electrons. The molecule has 1 heterocycles. The lowest BCUT2D eigenvalue weighted by molar-refractivity contribution is -0.142. The van der Waals surface area contributed by atoms with Gasteiger partial charge < -0.3 is 5.11 Å². The van der Waals surface area contributed by atoms with E-state index < -0.39 is 21.9 Å². The Morgan fingerprint density at radius 3 is 2.60 bits per heavy atom. The Labute approximate surface area is 119 Å². The molecular formula is C14H19NO4S. The van der Waals surface area contributed by atoms with Gasteiger partial charge in [-0.15, -0.1) is 0 Å². The minimum absolute atomic E-state index is 0.0601. The SMILES string of the molecule is Cc1ccc(S(=O)(=O)N2CCC[C@@H](C(=O)O)C2)cc1C. The van der Waals surface area contributed by atoms with Crippen LogP contribution in [0.15, 0.2) is 23.1 Å². The Morgan fingerprint density at radius 2 is 2.00 bits per heavy atom. The zero-order valence-corrected chi connectivity index (χ0v) is 12.5. The number of nitrogens with zero attached hydrogens (tertiary/aromatic N) is 1. The molecule has 1 saturated heterocycles. The van der Waals surface area contributed by atoms with Crippen LogP contribution in [0.2, 0.25) is 0 Å². The van der Waals surface area contributed by atoms with Crippen molar-refractivity contribution in [2.75, 3.05) is 13.1 Å². The number of carboxylic acid groups (broad SMARTS) is 1. The number of hydrogen-bond acceptors (Lipinski definition) is 3. The monoisotopic (exact) mass is 297 g/mol. The van der Waals surface area contributed by atoms with Crippen molar-refractivity contribution < 1.29 is 18.3 Å². The Bertz CT molecular complexity index is 624. The van der Waals surface area contributed by atoms with E-state index in [0.29, 0.717) is 19.4 Å². The van der Waals surface area contributed by atoms with E-state index in [4.69, 9.17) is 5.11 Å². The first-order chi connectivity index (χ1) is 9.32. The largest absolute Gasteiger partial charge is 0.481 e. The minimum atomic E-state index is -3.60. The summed E-state index contributed by atoms with van der Waals surface area (Å²) < 4.78 is 26.4. The van der Waals surface area contributed by atoms with Gasteiger partial charge in [-0.3, -0.25) is 4.79 Å². The molecule has 0 aromatic heterocycles. The average molecular weight is 297 g/mol. The van der Waals surface area contributed by atoms with Crippen molar-refractivity contribution >= 4 is 16.0 Å². The third kappa shape index (κ3) is 2.86. The maximum atomic E-state index is 12.6. The molecule has 0 spiro atoms. The fraction of sp³-hybridized carbons (Fsp3) is 0.500. The number of sulfonamides is 1. The van der Waals surface area contributed by atoms with E-state index in [-0.39, 0.29) is 11.4 Å². The molecule has 1 fully saturated rings. The summed E-state index contributed by atoms with van der Waals surface area (Å²) in [6, 6.07) is 5.01. The minimum Gasteiger partial charge on any atom is -0.481 e. The molecule has 1 aliphatic rings. The number of carboxylic acids is 1. The Balaban J connectivity index is 2.29. The molecule has 0 saturated carbocycles. The molecule has 0 aliphatic carbocycles. The van der Waals surface area contributed by atoms with Crippen LogP contribution in [0, 0.1) is 19.8 Å². The van der Waals surface area contributed by atoms with Crippen molar-refractivity contribution in [3.05, 3.63) is 29.3 Å². The van der Waals surface area contributed by atoms with Crippen LogP contribution in [-0.2, 0) is 14.8 Å². The average Bonchev–Trinajstić information content (AvgIpc) is 2.42. The highest BCUT2D eigenvalue weighted by molar-refractivity contribution is 7.89. The van der Waals surface area contributed by atoms with Crippen LogP contribution in [0.3, 0.4) is 0 Å². The number of piperidine rings is 1. The highest BCUT2D eigenvalue weighted by Gasteiger charge is 2.33. The summed E-state index contributed by atoms with van der Waals surface area (Å²) in [5.41, 5.74) is 1.95. The van der Waals surface area contributed by atoms with Crippen LogP contribution >= 0.6 is 0 Å². The van der Waals surface area contributed by atoms with Gasteiger partial charge in [-0.25, -0.2) is 8.42 Å². The third-order valence-electron chi connectivity index (χ3n) is 3.85. The maximum absolute atomic E-state index is 12.6. The molecule has 1 N–H and O–H groups in total. The van der Waals surface area contributed by atoms with Crippen LogP contribution in [-0.4, -0.2) is 36.9 Å². The van der Waals surface area contributed by atoms with Gasteiger partial charge in [0.1, 0.15) is 0 Å². The molecule has 5 nitrogen and oxygen atoms in total. The first kappa shape index (κ1) is 15.0. The molecule has 1 atom stereocenters. The zero-order chi connectivity index (χ0) is 14.9. The number of benzene rings is 1. The van der Waals surface area contributed by atoms with Crippen molar-refractivity contribution in [3.63, 3.8) is 0 Å². The van der Waals surface area contributed by atoms with Crippen LogP contribution in [0.1, 0.15) is 24.0 Å². The van der Waals surface area contributed by atoms with Gasteiger partial charge >= 0.3 is 5.97 Å². The van der Waals surface area contributed by atoms with Gasteiger partial charge in [0.25, 0.3) is 0 Å². The highest BCUT2D eigenvalue weighted by Crippen LogP contribution is 2.25. The summed E-state index contributed by atoms with van der Waals surface area (Å²) in [5.74, 6) is -1.53. The van der Waals surface area contributed by atoms with Gasteiger partial charge in [-0.05, 0) is 49.9 Å². The number of hydrogen-bond donors (Lipinski definition) is 1. The van der Waals surface area contributed by atoms with Gasteiger partial charge in [0.05, 0.1) is 10.8 Å². The van der Waals surface area contributed by atoms with Gasteiger partial charge in [0.15, 0.2) is 0 Å². The summed E-state index contributed by atoms with van der Waals surface area (Å²) in [5, 5.41) is 9.05. The molecule has 1 aromatic carbocycles. The molecule has 20 heavy (non-hydrogen) atoms. The van der Waals surface area contributed by atoms with E-state index in [9.17, 15) is 13.2 Å². The number of aryl methyl sites for hydroxylation is 2. The molecule has 6 heteroatoms. The van der Waals surface area contributed by atoms with E-state index in [1.165, 1.54) is 4.31 Å². The summed E-state index contributed by atoms with van der Waals surface area (Å²) in [6.07, 6.45) is 1.12. The number of rotatable bonds is 3. The van der Waals surface area contributed by atoms with Crippen LogP contribution < -0.4 is 0 Å². The summed E-state index contributed by atoms with van der Waals surface area (Å²) in [4.78, 5) is 11.3. The van der Waals surface area contributed by atoms with Crippen LogP contribution in [0.4, 0.5) is 0 Å². The van der Waals surface area contributed by atoms with E-state index in [1.807, 2.05) is 13.8 Å². The molecule has 2 rings (SSSR count). The third-order valence-corrected chi connectivity index (χ3v) is 5.71. The molecule has 0 unspecified atom stereocenters. The zero-order valence-electron chi connectivity index (χ0n) is 11.7. The fourth-order valence-electron chi connectivity index (χ4n) is 2.39. The summed E-state index contributed by atoms with van der Waals surface area (Å²) in [6.45, 7) is 4.24. The predicted molar refractivity (Wildman–Crippen MR) is 75.0 cm³/mol. The van der Waals surface area contributed by atoms with Crippen LogP contribution in [0.25, 0.3) is 0 Å². The second kappa shape index (κ2) is 5.54. The van der Waals surface area contributed by atoms with Gasteiger partial charge in [0, 0.05) is 13.1 Å². The Kier molecular flexibility index (Phi) is 4.15. The van der Waals surface area contributed by atoms with Gasteiger partial charge in [-0.1, -0.05) is 6.07 Å². The predicted octanol–water partition coefficient (Wildman–Crippen LogP) is 1.79. The van der Waals surface area contributed by atoms with E-state index in [2.05, 4.69) is 0 Å². The van der Waals surface area contributed by atoms with E-state index >= 15 is 0 Å². The molecule has 0 bridgehead atoms. The van der Waals surface area contributed by atoms with Crippen molar-refractivity contribution in [2.45, 2.75) is 31.6 Å². The molecule has 110 valence electrons. The van der Waals surface area contributed by atoms with Crippen molar-refractivity contribution in [1.29, 1.82) is 0 Å². The lowest BCUT2D eigenvalue weighted by Gasteiger charge is -2.30. The molecule has 1 aromatic rings. The van der Waals surface area contributed by atoms with Gasteiger partial charge in [0.2, 0.25) is 10.0 Å². The lowest BCUT2D eigenvalue weighted by Crippen LogP contribution is -2.42. The second-order valence-corrected chi connectivity index (χ2v) is 7.22. The number of carbonyl (C=O) groups is 1. The Hall–Kier alpha value is -1.40. The topological polar surface area (TPSA) is 74.7 Å². The fourth-order valence-corrected chi connectivity index (χ4v) is 4.00. The maximum Gasteiger partial charge on any atom is 0.307 e. The van der Waals surface area contributed by atoms with Crippen molar-refractivity contribution in [1.82, 2.24) is 4.31 Å². The lowest BCUT2D eigenvalue weighted by atomic mass is 10.0. The standard InChI is InChI=1S/C14H19NO4S/c1-10-5-6-13(8-11(10)2)20(18,19)15-7-3-4-12(9-15)14(16)17/h5-6,8,12H,3-4,7,9H2,1-2H3,(H,16,17)/t12-/m1/s1. The smallest absolute Gasteiger partial charge is 0.307 e. The van der Waals surface area contributed by atoms with Crippen molar-refractivity contribution in [3.8, 4) is 0 Å². The molecular weight excluding hydrogens is 278 g/mol. The number of aliphatic carboxylic acids is 1. The highest BCUT2D eigenvalue weighted by atomic mass is 32.2. The molecule has 1 aliphatic heterocycles. The molecule has 0 amide bonds. The quantitative estimate of drug-likeness (QED) is 0.923. The normalized spacial score (nSPS) is 20.8. The van der Waals surface area contributed by atoms with Crippen molar-refractivity contribution in [2.24, 2.45) is 5.92 Å². The first-order valence-corrected chi connectivity index (χ1v) is 8.06. The van der Waals surface area contributed by atoms with Gasteiger partial charge in [-0.2, -0.15) is 4.31 Å². The summed E-state index contributed by atoms with van der Waals surface area (Å²) >= 11 is 0. The van der Waals surface area contributed by atoms with Crippen LogP contribution in [0.5, 0.6) is 0 Å². The second-order valence-electron chi connectivity index (χ2n) is 5.29. The Morgan fingerprint density at radius 1 is 1.30 bits per heavy atom.